The van der Waals surface area contributed by atoms with E-state index < -0.39 is 0 Å². The van der Waals surface area contributed by atoms with Gasteiger partial charge in [-0.15, -0.1) is 0 Å². The van der Waals surface area contributed by atoms with Crippen molar-refractivity contribution >= 4 is 5.91 Å². The molecule has 2 aliphatic rings. The predicted octanol–water partition coefficient (Wildman–Crippen LogP) is 3.04. The standard InChI is InChI=1S/C22H26N2O3/c1-23-13-5-7-17(20(23)25)21(26)24-14-11-22(12-15-24)10-9-19(27-2)16-6-3-4-8-18(16)22/h3-8,13,19H,9-12,14-15H2,1-2H3. The Morgan fingerprint density at radius 3 is 2.59 bits per heavy atom. The largest absolute Gasteiger partial charge is 0.377 e. The summed E-state index contributed by atoms with van der Waals surface area (Å²) >= 11 is 0. The zero-order chi connectivity index (χ0) is 19.0. The van der Waals surface area contributed by atoms with Crippen LogP contribution in [0.3, 0.4) is 0 Å². The number of hydrogen-bond donors (Lipinski definition) is 0. The number of pyridine rings is 1. The van der Waals surface area contributed by atoms with Crippen molar-refractivity contribution in [1.29, 1.82) is 0 Å². The number of carbonyl (C=O) groups excluding carboxylic acids is 1. The van der Waals surface area contributed by atoms with E-state index in [1.54, 1.807) is 32.5 Å². The molecule has 1 aliphatic heterocycles. The molecular formula is C22H26N2O3. The molecule has 0 N–H and O–H groups in total. The Hall–Kier alpha value is -2.40. The minimum atomic E-state index is -0.228. The zero-order valence-electron chi connectivity index (χ0n) is 16.0. The molecule has 142 valence electrons. The molecule has 5 nitrogen and oxygen atoms in total. The topological polar surface area (TPSA) is 51.5 Å². The van der Waals surface area contributed by atoms with Gasteiger partial charge in [-0.2, -0.15) is 0 Å². The molecule has 2 aromatic rings. The number of benzene rings is 1. The average molecular weight is 366 g/mol. The van der Waals surface area contributed by atoms with Crippen LogP contribution in [-0.2, 0) is 17.2 Å². The highest BCUT2D eigenvalue weighted by Crippen LogP contribution is 2.48. The van der Waals surface area contributed by atoms with Gasteiger partial charge < -0.3 is 14.2 Å². The lowest BCUT2D eigenvalue weighted by molar-refractivity contribution is 0.0500. The van der Waals surface area contributed by atoms with Gasteiger partial charge in [0.15, 0.2) is 0 Å². The Morgan fingerprint density at radius 2 is 1.85 bits per heavy atom. The van der Waals surface area contributed by atoms with E-state index in [2.05, 4.69) is 24.3 Å². The smallest absolute Gasteiger partial charge is 0.263 e. The molecule has 0 radical (unpaired) electrons. The molecule has 1 fully saturated rings. The maximum absolute atomic E-state index is 12.9. The van der Waals surface area contributed by atoms with Crippen molar-refractivity contribution < 1.29 is 9.53 Å². The van der Waals surface area contributed by atoms with Crippen molar-refractivity contribution in [2.24, 2.45) is 7.05 Å². The van der Waals surface area contributed by atoms with E-state index in [9.17, 15) is 9.59 Å². The molecule has 1 atom stereocenters. The minimum absolute atomic E-state index is 0.115. The van der Waals surface area contributed by atoms with Gasteiger partial charge in [0, 0.05) is 33.4 Å². The first kappa shape index (κ1) is 18.0. The summed E-state index contributed by atoms with van der Waals surface area (Å²) in [6.07, 6.45) is 5.80. The van der Waals surface area contributed by atoms with E-state index in [0.29, 0.717) is 13.1 Å². The molecule has 4 rings (SSSR count). The lowest BCUT2D eigenvalue weighted by Crippen LogP contribution is -2.48. The Labute approximate surface area is 159 Å². The maximum atomic E-state index is 12.9. The van der Waals surface area contributed by atoms with Crippen LogP contribution < -0.4 is 5.56 Å². The van der Waals surface area contributed by atoms with E-state index in [0.717, 1.165) is 25.7 Å². The van der Waals surface area contributed by atoms with Gasteiger partial charge in [-0.1, -0.05) is 24.3 Å². The van der Waals surface area contributed by atoms with Gasteiger partial charge in [-0.25, -0.2) is 0 Å². The number of methoxy groups -OCH3 is 1. The number of likely N-dealkylation sites (tertiary alicyclic amines) is 1. The monoisotopic (exact) mass is 366 g/mol. The van der Waals surface area contributed by atoms with Crippen molar-refractivity contribution in [3.05, 3.63) is 69.6 Å². The summed E-state index contributed by atoms with van der Waals surface area (Å²) in [7, 11) is 3.45. The van der Waals surface area contributed by atoms with Gasteiger partial charge in [0.1, 0.15) is 5.56 Å². The fourth-order valence-corrected chi connectivity index (χ4v) is 4.79. The number of hydrogen-bond acceptors (Lipinski definition) is 3. The lowest BCUT2D eigenvalue weighted by Gasteiger charge is -2.47. The average Bonchev–Trinajstić information content (AvgIpc) is 2.71. The number of aromatic nitrogens is 1. The van der Waals surface area contributed by atoms with Crippen molar-refractivity contribution in [3.63, 3.8) is 0 Å². The summed E-state index contributed by atoms with van der Waals surface area (Å²) in [4.78, 5) is 27.0. The summed E-state index contributed by atoms with van der Waals surface area (Å²) in [6.45, 7) is 1.37. The number of ether oxygens (including phenoxy) is 1. The van der Waals surface area contributed by atoms with Gasteiger partial charge in [-0.3, -0.25) is 9.59 Å². The van der Waals surface area contributed by atoms with E-state index in [1.807, 2.05) is 4.90 Å². The highest BCUT2D eigenvalue weighted by atomic mass is 16.5. The van der Waals surface area contributed by atoms with Crippen LogP contribution >= 0.6 is 0 Å². The molecule has 1 aliphatic carbocycles. The first-order chi connectivity index (χ1) is 13.1. The molecule has 0 saturated carbocycles. The van der Waals surface area contributed by atoms with Crippen LogP contribution in [-0.4, -0.2) is 35.6 Å². The van der Waals surface area contributed by atoms with Crippen molar-refractivity contribution in [2.75, 3.05) is 20.2 Å². The number of nitrogens with zero attached hydrogens (tertiary/aromatic N) is 2. The van der Waals surface area contributed by atoms with Crippen molar-refractivity contribution in [2.45, 2.75) is 37.2 Å². The number of carbonyl (C=O) groups is 1. The third-order valence-electron chi connectivity index (χ3n) is 6.41. The fraction of sp³-hybridized carbons (Fsp3) is 0.455. The second-order valence-corrected chi connectivity index (χ2v) is 7.76. The predicted molar refractivity (Wildman–Crippen MR) is 104 cm³/mol. The second kappa shape index (κ2) is 6.97. The van der Waals surface area contributed by atoms with E-state index >= 15 is 0 Å². The van der Waals surface area contributed by atoms with E-state index in [4.69, 9.17) is 4.74 Å². The number of piperidine rings is 1. The lowest BCUT2D eigenvalue weighted by atomic mass is 9.64. The number of aryl methyl sites for hydroxylation is 1. The Kier molecular flexibility index (Phi) is 4.64. The fourth-order valence-electron chi connectivity index (χ4n) is 4.79. The number of rotatable bonds is 2. The molecule has 2 heterocycles. The highest BCUT2D eigenvalue weighted by molar-refractivity contribution is 5.93. The molecule has 5 heteroatoms. The van der Waals surface area contributed by atoms with Crippen LogP contribution in [0.2, 0.25) is 0 Å². The molecule has 1 aromatic carbocycles. The van der Waals surface area contributed by atoms with Gasteiger partial charge in [-0.05, 0) is 54.4 Å². The van der Waals surface area contributed by atoms with Crippen LogP contribution in [0, 0.1) is 0 Å². The second-order valence-electron chi connectivity index (χ2n) is 7.76. The summed E-state index contributed by atoms with van der Waals surface area (Å²) in [5.41, 5.74) is 2.83. The first-order valence-corrected chi connectivity index (χ1v) is 9.63. The number of fused-ring (bicyclic) bond motifs is 2. The van der Waals surface area contributed by atoms with Crippen LogP contribution in [0.5, 0.6) is 0 Å². The molecule has 1 unspecified atom stereocenters. The maximum Gasteiger partial charge on any atom is 0.263 e. The Morgan fingerprint density at radius 1 is 1.11 bits per heavy atom. The summed E-state index contributed by atoms with van der Waals surface area (Å²) < 4.78 is 7.15. The van der Waals surface area contributed by atoms with Crippen LogP contribution in [0.1, 0.15) is 53.3 Å². The molecule has 1 spiro atoms. The molecule has 1 aromatic heterocycles. The van der Waals surface area contributed by atoms with Crippen molar-refractivity contribution in [1.82, 2.24) is 9.47 Å². The third-order valence-corrected chi connectivity index (χ3v) is 6.41. The van der Waals surface area contributed by atoms with Crippen molar-refractivity contribution in [3.8, 4) is 0 Å². The van der Waals surface area contributed by atoms with Gasteiger partial charge in [0.05, 0.1) is 6.10 Å². The third kappa shape index (κ3) is 3.00. The Balaban J connectivity index is 1.56. The molecule has 0 bridgehead atoms. The molecule has 1 saturated heterocycles. The molecule has 27 heavy (non-hydrogen) atoms. The summed E-state index contributed by atoms with van der Waals surface area (Å²) in [6, 6.07) is 12.0. The minimum Gasteiger partial charge on any atom is -0.377 e. The summed E-state index contributed by atoms with van der Waals surface area (Å²) in [5, 5.41) is 0. The highest BCUT2D eigenvalue weighted by Gasteiger charge is 2.42. The number of amides is 1. The van der Waals surface area contributed by atoms with Gasteiger partial charge in [0.2, 0.25) is 0 Å². The molecular weight excluding hydrogens is 340 g/mol. The SMILES string of the molecule is COC1CCC2(CCN(C(=O)c3cccn(C)c3=O)CC2)c2ccccc21. The Bertz CT molecular complexity index is 910. The zero-order valence-corrected chi connectivity index (χ0v) is 16.0. The van der Waals surface area contributed by atoms with E-state index in [1.165, 1.54) is 15.7 Å². The van der Waals surface area contributed by atoms with Crippen LogP contribution in [0.25, 0.3) is 0 Å². The summed E-state index contributed by atoms with van der Waals surface area (Å²) in [5.74, 6) is -0.148. The normalized spacial score (nSPS) is 21.1. The van der Waals surface area contributed by atoms with Gasteiger partial charge in [0.25, 0.3) is 11.5 Å². The quantitative estimate of drug-likeness (QED) is 0.821. The molecule has 1 amide bonds. The van der Waals surface area contributed by atoms with Crippen LogP contribution in [0.15, 0.2) is 47.4 Å². The van der Waals surface area contributed by atoms with E-state index in [-0.39, 0.29) is 28.5 Å². The van der Waals surface area contributed by atoms with Crippen LogP contribution in [0.4, 0.5) is 0 Å². The first-order valence-electron chi connectivity index (χ1n) is 9.63. The van der Waals surface area contributed by atoms with Gasteiger partial charge >= 0.3 is 0 Å².